The summed E-state index contributed by atoms with van der Waals surface area (Å²) in [5.74, 6) is 1.07. The number of aromatic nitrogens is 1. The zero-order chi connectivity index (χ0) is 14.7. The van der Waals surface area contributed by atoms with Crippen molar-refractivity contribution in [1.29, 1.82) is 0 Å². The first-order chi connectivity index (χ1) is 10.2. The Morgan fingerprint density at radius 3 is 2.86 bits per heavy atom. The van der Waals surface area contributed by atoms with Crippen LogP contribution in [0.25, 0.3) is 0 Å². The lowest BCUT2D eigenvalue weighted by Crippen LogP contribution is -2.24. The van der Waals surface area contributed by atoms with E-state index in [2.05, 4.69) is 54.2 Å². The molecule has 0 amide bonds. The van der Waals surface area contributed by atoms with Crippen LogP contribution in [0.3, 0.4) is 0 Å². The number of fused-ring (bicyclic) bond motifs is 1. The van der Waals surface area contributed by atoms with Crippen molar-refractivity contribution >= 4 is 0 Å². The third-order valence-electron chi connectivity index (χ3n) is 4.36. The molecule has 0 aliphatic carbocycles. The van der Waals surface area contributed by atoms with Crippen LogP contribution in [0.4, 0.5) is 0 Å². The van der Waals surface area contributed by atoms with Crippen LogP contribution in [0.15, 0.2) is 42.7 Å². The number of ether oxygens (including phenoxy) is 1. The maximum Gasteiger partial charge on any atom is 0.122 e. The van der Waals surface area contributed by atoms with E-state index < -0.39 is 0 Å². The molecule has 0 bridgehead atoms. The smallest absolute Gasteiger partial charge is 0.122 e. The van der Waals surface area contributed by atoms with E-state index in [-0.39, 0.29) is 0 Å². The summed E-state index contributed by atoms with van der Waals surface area (Å²) in [6.07, 6.45) is 5.84. The molecule has 2 heterocycles. The second-order valence-corrected chi connectivity index (χ2v) is 5.73. The van der Waals surface area contributed by atoms with Crippen LogP contribution in [-0.4, -0.2) is 30.1 Å². The summed E-state index contributed by atoms with van der Waals surface area (Å²) in [5.41, 5.74) is 4.07. The number of benzene rings is 1. The van der Waals surface area contributed by atoms with Crippen molar-refractivity contribution in [2.24, 2.45) is 0 Å². The molecule has 2 aromatic rings. The molecule has 0 spiro atoms. The molecule has 1 aromatic carbocycles. The predicted octanol–water partition coefficient (Wildman–Crippen LogP) is 3.25. The highest BCUT2D eigenvalue weighted by Gasteiger charge is 2.14. The minimum Gasteiger partial charge on any atom is -0.493 e. The highest BCUT2D eigenvalue weighted by molar-refractivity contribution is 5.39. The molecule has 1 aliphatic heterocycles. The van der Waals surface area contributed by atoms with E-state index in [1.54, 1.807) is 0 Å². The highest BCUT2D eigenvalue weighted by atomic mass is 16.5. The lowest BCUT2D eigenvalue weighted by molar-refractivity contribution is 0.265. The quantitative estimate of drug-likeness (QED) is 0.841. The molecular formula is C18H22N2O. The van der Waals surface area contributed by atoms with Crippen LogP contribution in [0.5, 0.6) is 5.75 Å². The molecular weight excluding hydrogens is 260 g/mol. The molecule has 0 saturated carbocycles. The second kappa shape index (κ2) is 6.27. The Morgan fingerprint density at radius 2 is 2.05 bits per heavy atom. The SMILES string of the molecule is C[C@@H](c1ccncc1)N(C)CCc1ccc2c(c1)CCO2. The Labute approximate surface area is 126 Å². The van der Waals surface area contributed by atoms with Gasteiger partial charge in [0.25, 0.3) is 0 Å². The van der Waals surface area contributed by atoms with E-state index in [9.17, 15) is 0 Å². The summed E-state index contributed by atoms with van der Waals surface area (Å²) in [4.78, 5) is 6.47. The lowest BCUT2D eigenvalue weighted by atomic mass is 10.0. The van der Waals surface area contributed by atoms with Crippen LogP contribution in [0, 0.1) is 0 Å². The molecule has 0 radical (unpaired) electrons. The minimum absolute atomic E-state index is 0.408. The van der Waals surface area contributed by atoms with Gasteiger partial charge in [0.1, 0.15) is 5.75 Å². The molecule has 21 heavy (non-hydrogen) atoms. The van der Waals surface area contributed by atoms with Crippen LogP contribution in [-0.2, 0) is 12.8 Å². The summed E-state index contributed by atoms with van der Waals surface area (Å²) < 4.78 is 5.56. The van der Waals surface area contributed by atoms with E-state index in [4.69, 9.17) is 4.74 Å². The molecule has 1 aliphatic rings. The van der Waals surface area contributed by atoms with Crippen molar-refractivity contribution in [1.82, 2.24) is 9.88 Å². The first kappa shape index (κ1) is 14.1. The predicted molar refractivity (Wildman–Crippen MR) is 84.6 cm³/mol. The third-order valence-corrected chi connectivity index (χ3v) is 4.36. The van der Waals surface area contributed by atoms with Crippen molar-refractivity contribution in [3.8, 4) is 5.75 Å². The van der Waals surface area contributed by atoms with Crippen LogP contribution in [0.2, 0.25) is 0 Å². The van der Waals surface area contributed by atoms with Crippen molar-refractivity contribution in [3.05, 3.63) is 59.4 Å². The fourth-order valence-corrected chi connectivity index (χ4v) is 2.79. The van der Waals surface area contributed by atoms with Gasteiger partial charge in [0.05, 0.1) is 6.61 Å². The Hall–Kier alpha value is -1.87. The molecule has 3 rings (SSSR count). The number of nitrogens with zero attached hydrogens (tertiary/aromatic N) is 2. The molecule has 1 aromatic heterocycles. The standard InChI is InChI=1S/C18H22N2O/c1-14(16-5-9-19-10-6-16)20(2)11-7-15-3-4-18-17(13-15)8-12-21-18/h3-6,9-10,13-14H,7-8,11-12H2,1-2H3/t14-/m0/s1. The maximum absolute atomic E-state index is 5.56. The van der Waals surface area contributed by atoms with Crippen LogP contribution in [0.1, 0.15) is 29.7 Å². The van der Waals surface area contributed by atoms with Crippen molar-refractivity contribution in [2.75, 3.05) is 20.2 Å². The number of hydrogen-bond acceptors (Lipinski definition) is 3. The molecule has 0 fully saturated rings. The zero-order valence-corrected chi connectivity index (χ0v) is 12.7. The molecule has 3 heteroatoms. The fraction of sp³-hybridized carbons (Fsp3) is 0.389. The zero-order valence-electron chi connectivity index (χ0n) is 12.7. The molecule has 0 N–H and O–H groups in total. The first-order valence-corrected chi connectivity index (χ1v) is 7.59. The Bertz CT molecular complexity index is 597. The lowest BCUT2D eigenvalue weighted by Gasteiger charge is -2.25. The van der Waals surface area contributed by atoms with E-state index >= 15 is 0 Å². The number of hydrogen-bond donors (Lipinski definition) is 0. The molecule has 1 atom stereocenters. The first-order valence-electron chi connectivity index (χ1n) is 7.59. The van der Waals surface area contributed by atoms with Gasteiger partial charge in [-0.3, -0.25) is 9.88 Å². The monoisotopic (exact) mass is 282 g/mol. The number of likely N-dealkylation sites (N-methyl/N-ethyl adjacent to an activating group) is 1. The van der Waals surface area contributed by atoms with E-state index in [1.165, 1.54) is 16.7 Å². The topological polar surface area (TPSA) is 25.4 Å². The van der Waals surface area contributed by atoms with Crippen molar-refractivity contribution in [3.63, 3.8) is 0 Å². The van der Waals surface area contributed by atoms with Gasteiger partial charge in [-0.2, -0.15) is 0 Å². The highest BCUT2D eigenvalue weighted by Crippen LogP contribution is 2.26. The molecule has 0 saturated heterocycles. The summed E-state index contributed by atoms with van der Waals surface area (Å²) in [6.45, 7) is 4.12. The van der Waals surface area contributed by atoms with Crippen LogP contribution < -0.4 is 4.74 Å². The Morgan fingerprint density at radius 1 is 1.24 bits per heavy atom. The average molecular weight is 282 g/mol. The van der Waals surface area contributed by atoms with Gasteiger partial charge in [-0.05, 0) is 55.3 Å². The van der Waals surface area contributed by atoms with Crippen molar-refractivity contribution < 1.29 is 4.74 Å². The fourth-order valence-electron chi connectivity index (χ4n) is 2.79. The largest absolute Gasteiger partial charge is 0.493 e. The van der Waals surface area contributed by atoms with Gasteiger partial charge in [-0.15, -0.1) is 0 Å². The molecule has 3 nitrogen and oxygen atoms in total. The maximum atomic E-state index is 5.56. The van der Waals surface area contributed by atoms with Crippen molar-refractivity contribution in [2.45, 2.75) is 25.8 Å². The van der Waals surface area contributed by atoms with Gasteiger partial charge in [0, 0.05) is 31.4 Å². The summed E-state index contributed by atoms with van der Waals surface area (Å²) >= 11 is 0. The average Bonchev–Trinajstić information content (AvgIpc) is 3.00. The van der Waals surface area contributed by atoms with E-state index in [0.29, 0.717) is 6.04 Å². The van der Waals surface area contributed by atoms with Gasteiger partial charge in [-0.25, -0.2) is 0 Å². The van der Waals surface area contributed by atoms with Gasteiger partial charge in [-0.1, -0.05) is 12.1 Å². The number of pyridine rings is 1. The van der Waals surface area contributed by atoms with Crippen LogP contribution >= 0.6 is 0 Å². The third kappa shape index (κ3) is 3.24. The summed E-state index contributed by atoms with van der Waals surface area (Å²) in [7, 11) is 2.18. The molecule has 0 unspecified atom stereocenters. The van der Waals surface area contributed by atoms with Gasteiger partial charge >= 0.3 is 0 Å². The minimum atomic E-state index is 0.408. The second-order valence-electron chi connectivity index (χ2n) is 5.73. The molecule has 110 valence electrons. The number of rotatable bonds is 5. The Kier molecular flexibility index (Phi) is 4.20. The van der Waals surface area contributed by atoms with Gasteiger partial charge < -0.3 is 4.74 Å². The van der Waals surface area contributed by atoms with Gasteiger partial charge in [0.2, 0.25) is 0 Å². The Balaban J connectivity index is 1.59. The van der Waals surface area contributed by atoms with Gasteiger partial charge in [0.15, 0.2) is 0 Å². The van der Waals surface area contributed by atoms with E-state index in [1.807, 2.05) is 12.4 Å². The normalized spacial score (nSPS) is 14.8. The summed E-state index contributed by atoms with van der Waals surface area (Å²) in [6, 6.07) is 11.2. The van der Waals surface area contributed by atoms with E-state index in [0.717, 1.165) is 31.7 Å². The summed E-state index contributed by atoms with van der Waals surface area (Å²) in [5, 5.41) is 0.